The van der Waals surface area contributed by atoms with Crippen LogP contribution in [0.4, 0.5) is 0 Å². The Kier molecular flexibility index (Phi) is 4.13. The van der Waals surface area contributed by atoms with Crippen molar-refractivity contribution < 1.29 is 5.11 Å². The number of nitrogens with one attached hydrogen (secondary N) is 1. The van der Waals surface area contributed by atoms with Crippen molar-refractivity contribution in [1.82, 2.24) is 5.32 Å². The van der Waals surface area contributed by atoms with Crippen LogP contribution in [0.25, 0.3) is 0 Å². The SMILES string of the molecule is CCC1CCNC(C2CC(C)c3ccccc3C2O)C1. The molecule has 0 spiro atoms. The third-order valence-corrected chi connectivity index (χ3v) is 5.52. The maximum Gasteiger partial charge on any atom is 0.0836 e. The smallest absolute Gasteiger partial charge is 0.0836 e. The summed E-state index contributed by atoms with van der Waals surface area (Å²) in [6.07, 6.45) is 4.60. The van der Waals surface area contributed by atoms with Gasteiger partial charge >= 0.3 is 0 Å². The fourth-order valence-corrected chi connectivity index (χ4v) is 4.24. The quantitative estimate of drug-likeness (QED) is 0.862. The lowest BCUT2D eigenvalue weighted by molar-refractivity contribution is 0.0494. The van der Waals surface area contributed by atoms with Gasteiger partial charge in [0.25, 0.3) is 0 Å². The molecule has 2 nitrogen and oxygen atoms in total. The third-order valence-electron chi connectivity index (χ3n) is 5.52. The molecule has 3 rings (SSSR count). The van der Waals surface area contributed by atoms with Gasteiger partial charge in [0.05, 0.1) is 6.10 Å². The zero-order valence-corrected chi connectivity index (χ0v) is 12.7. The van der Waals surface area contributed by atoms with Gasteiger partial charge in [-0.3, -0.25) is 0 Å². The first-order valence-electron chi connectivity index (χ1n) is 8.21. The summed E-state index contributed by atoms with van der Waals surface area (Å²) in [4.78, 5) is 0. The number of hydrogen-bond donors (Lipinski definition) is 2. The van der Waals surface area contributed by atoms with Crippen LogP contribution in [0.2, 0.25) is 0 Å². The summed E-state index contributed by atoms with van der Waals surface area (Å²) in [5.74, 6) is 1.76. The second-order valence-corrected chi connectivity index (χ2v) is 6.73. The van der Waals surface area contributed by atoms with E-state index in [1.807, 2.05) is 0 Å². The van der Waals surface area contributed by atoms with Gasteiger partial charge in [0.2, 0.25) is 0 Å². The first-order chi connectivity index (χ1) is 9.70. The van der Waals surface area contributed by atoms with Crippen molar-refractivity contribution in [2.24, 2.45) is 11.8 Å². The Hall–Kier alpha value is -0.860. The molecule has 2 N–H and O–H groups in total. The number of aliphatic hydroxyl groups is 1. The standard InChI is InChI=1S/C18H27NO/c1-3-13-8-9-19-17(11-13)16-10-12(2)14-6-4-5-7-15(14)18(16)20/h4-7,12-13,16-20H,3,8-11H2,1-2H3. The molecule has 1 aliphatic heterocycles. The van der Waals surface area contributed by atoms with Gasteiger partial charge in [0, 0.05) is 12.0 Å². The van der Waals surface area contributed by atoms with Gasteiger partial charge in [0.1, 0.15) is 0 Å². The molecule has 1 aliphatic carbocycles. The fourth-order valence-electron chi connectivity index (χ4n) is 4.24. The van der Waals surface area contributed by atoms with E-state index in [4.69, 9.17) is 0 Å². The molecule has 1 aromatic carbocycles. The van der Waals surface area contributed by atoms with Crippen LogP contribution in [0, 0.1) is 11.8 Å². The molecule has 1 saturated heterocycles. The Morgan fingerprint density at radius 1 is 1.20 bits per heavy atom. The lowest BCUT2D eigenvalue weighted by Crippen LogP contribution is -2.46. The molecule has 110 valence electrons. The van der Waals surface area contributed by atoms with Crippen LogP contribution >= 0.6 is 0 Å². The minimum absolute atomic E-state index is 0.296. The molecule has 0 saturated carbocycles. The number of hydrogen-bond acceptors (Lipinski definition) is 2. The Morgan fingerprint density at radius 3 is 2.70 bits per heavy atom. The topological polar surface area (TPSA) is 32.3 Å². The van der Waals surface area contributed by atoms with Gasteiger partial charge in [-0.2, -0.15) is 0 Å². The van der Waals surface area contributed by atoms with E-state index >= 15 is 0 Å². The summed E-state index contributed by atoms with van der Waals surface area (Å²) < 4.78 is 0. The van der Waals surface area contributed by atoms with Crippen molar-refractivity contribution in [1.29, 1.82) is 0 Å². The van der Waals surface area contributed by atoms with Gasteiger partial charge in [0.15, 0.2) is 0 Å². The second-order valence-electron chi connectivity index (χ2n) is 6.73. The van der Waals surface area contributed by atoms with Gasteiger partial charge in [-0.1, -0.05) is 44.5 Å². The number of fused-ring (bicyclic) bond motifs is 1. The van der Waals surface area contributed by atoms with Crippen molar-refractivity contribution in [3.63, 3.8) is 0 Å². The summed E-state index contributed by atoms with van der Waals surface area (Å²) in [6.45, 7) is 5.71. The van der Waals surface area contributed by atoms with E-state index in [0.717, 1.165) is 24.4 Å². The zero-order valence-electron chi connectivity index (χ0n) is 12.7. The number of piperidine rings is 1. The Balaban J connectivity index is 1.82. The van der Waals surface area contributed by atoms with Crippen LogP contribution in [0.3, 0.4) is 0 Å². The zero-order chi connectivity index (χ0) is 14.1. The highest BCUT2D eigenvalue weighted by molar-refractivity contribution is 5.35. The summed E-state index contributed by atoms with van der Waals surface area (Å²) in [7, 11) is 0. The van der Waals surface area contributed by atoms with Crippen LogP contribution in [0.5, 0.6) is 0 Å². The highest BCUT2D eigenvalue weighted by Gasteiger charge is 2.38. The number of benzene rings is 1. The van der Waals surface area contributed by atoms with Crippen molar-refractivity contribution in [2.45, 2.75) is 57.6 Å². The van der Waals surface area contributed by atoms with E-state index in [0.29, 0.717) is 17.9 Å². The Morgan fingerprint density at radius 2 is 1.95 bits per heavy atom. The van der Waals surface area contributed by atoms with E-state index in [-0.39, 0.29) is 6.10 Å². The molecule has 2 aliphatic rings. The van der Waals surface area contributed by atoms with Crippen molar-refractivity contribution in [3.8, 4) is 0 Å². The molecule has 20 heavy (non-hydrogen) atoms. The minimum atomic E-state index is -0.296. The first kappa shape index (κ1) is 14.1. The molecule has 1 heterocycles. The van der Waals surface area contributed by atoms with E-state index in [2.05, 4.69) is 43.4 Å². The van der Waals surface area contributed by atoms with Crippen molar-refractivity contribution in [3.05, 3.63) is 35.4 Å². The van der Waals surface area contributed by atoms with Gasteiger partial charge in [-0.25, -0.2) is 0 Å². The lowest BCUT2D eigenvalue weighted by atomic mass is 9.70. The largest absolute Gasteiger partial charge is 0.388 e. The molecule has 1 aromatic rings. The summed E-state index contributed by atoms with van der Waals surface area (Å²) in [5, 5.41) is 14.5. The Bertz CT molecular complexity index is 458. The normalized spacial score (nSPS) is 37.5. The molecule has 5 atom stereocenters. The first-order valence-corrected chi connectivity index (χ1v) is 8.21. The van der Waals surface area contributed by atoms with Crippen LogP contribution in [-0.2, 0) is 0 Å². The molecule has 5 unspecified atom stereocenters. The van der Waals surface area contributed by atoms with E-state index in [1.54, 1.807) is 0 Å². The van der Waals surface area contributed by atoms with E-state index in [9.17, 15) is 5.11 Å². The maximum atomic E-state index is 10.8. The van der Waals surface area contributed by atoms with Crippen LogP contribution in [-0.4, -0.2) is 17.7 Å². The highest BCUT2D eigenvalue weighted by Crippen LogP contribution is 2.44. The molecule has 1 fully saturated rings. The Labute approximate surface area is 122 Å². The summed E-state index contributed by atoms with van der Waals surface area (Å²) >= 11 is 0. The van der Waals surface area contributed by atoms with E-state index < -0.39 is 0 Å². The summed E-state index contributed by atoms with van der Waals surface area (Å²) in [6, 6.07) is 8.93. The van der Waals surface area contributed by atoms with E-state index in [1.165, 1.54) is 24.8 Å². The molecule has 0 radical (unpaired) electrons. The predicted octanol–water partition coefficient (Wildman–Crippen LogP) is 3.62. The highest BCUT2D eigenvalue weighted by atomic mass is 16.3. The van der Waals surface area contributed by atoms with Gasteiger partial charge < -0.3 is 10.4 Å². The van der Waals surface area contributed by atoms with Crippen molar-refractivity contribution >= 4 is 0 Å². The minimum Gasteiger partial charge on any atom is -0.388 e. The molecule has 0 bridgehead atoms. The monoisotopic (exact) mass is 273 g/mol. The van der Waals surface area contributed by atoms with Crippen LogP contribution in [0.15, 0.2) is 24.3 Å². The molecule has 0 amide bonds. The molecular weight excluding hydrogens is 246 g/mol. The van der Waals surface area contributed by atoms with Crippen LogP contribution in [0.1, 0.15) is 62.7 Å². The summed E-state index contributed by atoms with van der Waals surface area (Å²) in [5.41, 5.74) is 2.51. The fraction of sp³-hybridized carbons (Fsp3) is 0.667. The maximum absolute atomic E-state index is 10.8. The molecule has 0 aromatic heterocycles. The molecule has 2 heteroatoms. The van der Waals surface area contributed by atoms with Gasteiger partial charge in [-0.15, -0.1) is 0 Å². The number of rotatable bonds is 2. The average molecular weight is 273 g/mol. The average Bonchev–Trinajstić information content (AvgIpc) is 2.51. The molecular formula is C18H27NO. The second kappa shape index (κ2) is 5.87. The van der Waals surface area contributed by atoms with Crippen LogP contribution < -0.4 is 5.32 Å². The third kappa shape index (κ3) is 2.51. The number of aliphatic hydroxyl groups excluding tert-OH is 1. The predicted molar refractivity (Wildman–Crippen MR) is 82.7 cm³/mol. The lowest BCUT2D eigenvalue weighted by Gasteiger charge is -2.42. The van der Waals surface area contributed by atoms with Gasteiger partial charge in [-0.05, 0) is 48.8 Å². The van der Waals surface area contributed by atoms with Crippen molar-refractivity contribution in [2.75, 3.05) is 6.54 Å².